The van der Waals surface area contributed by atoms with Crippen molar-refractivity contribution in [1.29, 1.82) is 0 Å². The van der Waals surface area contributed by atoms with Crippen molar-refractivity contribution >= 4 is 6.21 Å². The molecule has 13 heavy (non-hydrogen) atoms. The minimum absolute atomic E-state index is 0.932. The monoisotopic (exact) mass is 179 g/mol. The molecule has 0 aliphatic carbocycles. The van der Waals surface area contributed by atoms with Gasteiger partial charge in [-0.1, -0.05) is 32.9 Å². The fourth-order valence-corrected chi connectivity index (χ4v) is 0.930. The molecule has 1 nitrogen and oxygen atoms in total. The Morgan fingerprint density at radius 3 is 2.54 bits per heavy atom. The average molecular weight is 179 g/mol. The van der Waals surface area contributed by atoms with Gasteiger partial charge in [0.15, 0.2) is 0 Å². The molecule has 0 saturated heterocycles. The third-order valence-electron chi connectivity index (χ3n) is 2.01. The number of rotatable bonds is 6. The summed E-state index contributed by atoms with van der Waals surface area (Å²) < 4.78 is 0. The summed E-state index contributed by atoms with van der Waals surface area (Å²) in [6, 6.07) is 0. The summed E-state index contributed by atoms with van der Waals surface area (Å²) in [6.07, 6.45) is 8.61. The summed E-state index contributed by atoms with van der Waals surface area (Å²) in [5.41, 5.74) is 2.27. The first-order valence-corrected chi connectivity index (χ1v) is 5.11. The number of aliphatic imine (C=N–C) groups is 1. The molecule has 0 aromatic rings. The van der Waals surface area contributed by atoms with Crippen LogP contribution < -0.4 is 0 Å². The predicted molar refractivity (Wildman–Crippen MR) is 61.2 cm³/mol. The largest absolute Gasteiger partial charge is 0.262 e. The molecule has 0 saturated carbocycles. The van der Waals surface area contributed by atoms with Crippen molar-refractivity contribution in [2.24, 2.45) is 4.99 Å². The fraction of sp³-hybridized carbons (Fsp3) is 0.583. The van der Waals surface area contributed by atoms with E-state index in [2.05, 4.69) is 38.4 Å². The van der Waals surface area contributed by atoms with Crippen molar-refractivity contribution in [3.05, 3.63) is 23.9 Å². The molecule has 0 aromatic carbocycles. The number of hydrogen-bond acceptors (Lipinski definition) is 1. The molecule has 0 rings (SSSR count). The molecule has 0 spiro atoms. The SMILES string of the molecule is C=C(CC)N=C/C(=C\C)CCCC. The van der Waals surface area contributed by atoms with Gasteiger partial charge >= 0.3 is 0 Å². The Bertz CT molecular complexity index is 199. The van der Waals surface area contributed by atoms with Crippen molar-refractivity contribution in [1.82, 2.24) is 0 Å². The lowest BCUT2D eigenvalue weighted by atomic mass is 10.1. The van der Waals surface area contributed by atoms with Crippen molar-refractivity contribution in [3.8, 4) is 0 Å². The van der Waals surface area contributed by atoms with Crippen LogP contribution in [-0.4, -0.2) is 6.21 Å². The van der Waals surface area contributed by atoms with Gasteiger partial charge in [-0.3, -0.25) is 4.99 Å². The van der Waals surface area contributed by atoms with Gasteiger partial charge in [0.1, 0.15) is 0 Å². The molecule has 0 N–H and O–H groups in total. The van der Waals surface area contributed by atoms with E-state index in [1.54, 1.807) is 0 Å². The van der Waals surface area contributed by atoms with E-state index in [0.29, 0.717) is 0 Å². The van der Waals surface area contributed by atoms with E-state index in [1.807, 2.05) is 6.21 Å². The zero-order valence-corrected chi connectivity index (χ0v) is 9.14. The fourth-order valence-electron chi connectivity index (χ4n) is 0.930. The van der Waals surface area contributed by atoms with Crippen LogP contribution >= 0.6 is 0 Å². The van der Waals surface area contributed by atoms with E-state index in [4.69, 9.17) is 0 Å². The summed E-state index contributed by atoms with van der Waals surface area (Å²) in [4.78, 5) is 4.28. The number of allylic oxidation sites excluding steroid dienone is 3. The van der Waals surface area contributed by atoms with E-state index in [-0.39, 0.29) is 0 Å². The molecule has 0 amide bonds. The first-order chi connectivity index (χ1) is 6.24. The Hall–Kier alpha value is -0.850. The van der Waals surface area contributed by atoms with Gasteiger partial charge in [0.05, 0.1) is 0 Å². The Labute approximate surface area is 82.3 Å². The first-order valence-electron chi connectivity index (χ1n) is 5.11. The Balaban J connectivity index is 3.98. The number of unbranched alkanes of at least 4 members (excludes halogenated alkanes) is 1. The highest BCUT2D eigenvalue weighted by molar-refractivity contribution is 5.79. The maximum Gasteiger partial charge on any atom is 0.0329 e. The van der Waals surface area contributed by atoms with Crippen LogP contribution in [0.2, 0.25) is 0 Å². The van der Waals surface area contributed by atoms with Crippen LogP contribution in [0.3, 0.4) is 0 Å². The second-order valence-electron chi connectivity index (χ2n) is 3.15. The van der Waals surface area contributed by atoms with Gasteiger partial charge in [-0.05, 0) is 31.8 Å². The highest BCUT2D eigenvalue weighted by atomic mass is 14.7. The quantitative estimate of drug-likeness (QED) is 0.544. The van der Waals surface area contributed by atoms with Gasteiger partial charge < -0.3 is 0 Å². The molecule has 0 unspecified atom stereocenters. The molecule has 1 heteroatoms. The third-order valence-corrected chi connectivity index (χ3v) is 2.01. The average Bonchev–Trinajstić information content (AvgIpc) is 2.17. The van der Waals surface area contributed by atoms with E-state index in [9.17, 15) is 0 Å². The maximum absolute atomic E-state index is 4.28. The summed E-state index contributed by atoms with van der Waals surface area (Å²) in [5.74, 6) is 0. The number of hydrogen-bond donors (Lipinski definition) is 0. The smallest absolute Gasteiger partial charge is 0.0329 e. The van der Waals surface area contributed by atoms with Gasteiger partial charge in [0, 0.05) is 11.9 Å². The molecule has 0 aliphatic rings. The van der Waals surface area contributed by atoms with Gasteiger partial charge in [0.25, 0.3) is 0 Å². The molecular formula is C12H21N. The maximum atomic E-state index is 4.28. The van der Waals surface area contributed by atoms with Crippen LogP contribution in [0, 0.1) is 0 Å². The molecule has 0 radical (unpaired) electrons. The standard InChI is InChI=1S/C12H21N/c1-5-8-9-12(7-3)10-13-11(4)6-2/h7,10H,4-6,8-9H2,1-3H3/b12-7-,13-10?. The molecule has 0 fully saturated rings. The summed E-state index contributed by atoms with van der Waals surface area (Å²) in [6.45, 7) is 10.2. The highest BCUT2D eigenvalue weighted by Gasteiger charge is 1.91. The van der Waals surface area contributed by atoms with E-state index < -0.39 is 0 Å². The van der Waals surface area contributed by atoms with E-state index in [1.165, 1.54) is 18.4 Å². The lowest BCUT2D eigenvalue weighted by Gasteiger charge is -1.99. The van der Waals surface area contributed by atoms with Gasteiger partial charge in [-0.2, -0.15) is 0 Å². The Morgan fingerprint density at radius 2 is 2.08 bits per heavy atom. The molecule has 0 atom stereocenters. The topological polar surface area (TPSA) is 12.4 Å². The number of nitrogens with zero attached hydrogens (tertiary/aromatic N) is 1. The van der Waals surface area contributed by atoms with Crippen LogP contribution in [0.15, 0.2) is 28.9 Å². The van der Waals surface area contributed by atoms with Crippen LogP contribution in [0.5, 0.6) is 0 Å². The van der Waals surface area contributed by atoms with Crippen LogP contribution in [-0.2, 0) is 0 Å². The Kier molecular flexibility index (Phi) is 7.27. The van der Waals surface area contributed by atoms with E-state index >= 15 is 0 Å². The lowest BCUT2D eigenvalue weighted by molar-refractivity contribution is 0.803. The molecule has 0 aromatic heterocycles. The van der Waals surface area contributed by atoms with Crippen LogP contribution in [0.4, 0.5) is 0 Å². The molecule has 0 bridgehead atoms. The van der Waals surface area contributed by atoms with Gasteiger partial charge in [0.2, 0.25) is 0 Å². The molecular weight excluding hydrogens is 158 g/mol. The zero-order chi connectivity index (χ0) is 10.1. The summed E-state index contributed by atoms with van der Waals surface area (Å²) in [5, 5.41) is 0. The molecule has 0 aliphatic heterocycles. The van der Waals surface area contributed by atoms with Crippen molar-refractivity contribution in [2.75, 3.05) is 0 Å². The minimum atomic E-state index is 0.932. The molecule has 74 valence electrons. The second-order valence-corrected chi connectivity index (χ2v) is 3.15. The van der Waals surface area contributed by atoms with Gasteiger partial charge in [-0.25, -0.2) is 0 Å². The van der Waals surface area contributed by atoms with Crippen molar-refractivity contribution in [2.45, 2.75) is 46.5 Å². The minimum Gasteiger partial charge on any atom is -0.262 e. The van der Waals surface area contributed by atoms with Gasteiger partial charge in [-0.15, -0.1) is 0 Å². The second kappa shape index (κ2) is 7.78. The van der Waals surface area contributed by atoms with Crippen LogP contribution in [0.1, 0.15) is 46.5 Å². The van der Waals surface area contributed by atoms with Crippen molar-refractivity contribution in [3.63, 3.8) is 0 Å². The zero-order valence-electron chi connectivity index (χ0n) is 9.14. The normalized spacial score (nSPS) is 12.4. The predicted octanol–water partition coefficient (Wildman–Crippen LogP) is 4.12. The van der Waals surface area contributed by atoms with Crippen molar-refractivity contribution < 1.29 is 0 Å². The summed E-state index contributed by atoms with van der Waals surface area (Å²) >= 11 is 0. The summed E-state index contributed by atoms with van der Waals surface area (Å²) in [7, 11) is 0. The van der Waals surface area contributed by atoms with Crippen LogP contribution in [0.25, 0.3) is 0 Å². The lowest BCUT2D eigenvalue weighted by Crippen LogP contribution is -1.86. The first kappa shape index (κ1) is 12.2. The Morgan fingerprint density at radius 1 is 1.38 bits per heavy atom. The highest BCUT2D eigenvalue weighted by Crippen LogP contribution is 2.06. The third kappa shape index (κ3) is 6.32. The van der Waals surface area contributed by atoms with E-state index in [0.717, 1.165) is 18.5 Å². The molecule has 0 heterocycles.